The van der Waals surface area contributed by atoms with Gasteiger partial charge < -0.3 is 4.90 Å². The minimum Gasteiger partial charge on any atom is -0.306 e. The topological polar surface area (TPSA) is 59.4 Å². The monoisotopic (exact) mass is 598 g/mol. The Morgan fingerprint density at radius 2 is 1.22 bits per heavy atom. The first-order valence-corrected chi connectivity index (χ1v) is 14.1. The van der Waals surface area contributed by atoms with Gasteiger partial charge in [-0.25, -0.2) is 0 Å². The molecule has 0 spiro atoms. The molecule has 0 fully saturated rings. The molecule has 5 nitrogen and oxygen atoms in total. The van der Waals surface area contributed by atoms with Crippen LogP contribution in [0.1, 0.15) is 43.5 Å². The molecule has 198 valence electrons. The van der Waals surface area contributed by atoms with Crippen molar-refractivity contribution in [2.75, 3.05) is 4.90 Å². The van der Waals surface area contributed by atoms with Crippen LogP contribution in [0.15, 0.2) is 136 Å². The molecule has 0 saturated carbocycles. The minimum atomic E-state index is -0.775. The number of halogens is 1. The number of carbonyl (C=O) groups is 2. The predicted octanol–water partition coefficient (Wildman–Crippen LogP) is 7.53. The Bertz CT molecular complexity index is 1980. The number of Topliss-reactive ketones (excluding diaryl/α,β-unsaturated/α-hetero) is 2. The molecule has 6 heteroatoms. The van der Waals surface area contributed by atoms with Gasteiger partial charge in [0.1, 0.15) is 5.70 Å². The van der Waals surface area contributed by atoms with Gasteiger partial charge in [0.25, 0.3) is 5.56 Å². The van der Waals surface area contributed by atoms with Gasteiger partial charge >= 0.3 is 0 Å². The van der Waals surface area contributed by atoms with E-state index in [4.69, 9.17) is 0 Å². The quantitative estimate of drug-likeness (QED) is 0.215. The number of benzene rings is 4. The van der Waals surface area contributed by atoms with E-state index >= 15 is 0 Å². The highest BCUT2D eigenvalue weighted by molar-refractivity contribution is 9.10. The van der Waals surface area contributed by atoms with Crippen LogP contribution in [-0.4, -0.2) is 16.1 Å². The van der Waals surface area contributed by atoms with Crippen molar-refractivity contribution in [3.05, 3.63) is 169 Å². The van der Waals surface area contributed by atoms with Crippen molar-refractivity contribution in [3.63, 3.8) is 0 Å². The molecule has 2 aliphatic rings. The number of carbonyl (C=O) groups excluding carboxylic acids is 2. The number of aromatic nitrogens is 1. The van der Waals surface area contributed by atoms with Gasteiger partial charge in [0.05, 0.1) is 11.3 Å². The summed E-state index contributed by atoms with van der Waals surface area (Å²) in [4.78, 5) is 45.3. The Balaban J connectivity index is 1.65. The normalized spacial score (nSPS) is 15.9. The fraction of sp³-hybridized carbons (Fsp3) is 0.0571. The van der Waals surface area contributed by atoms with Crippen molar-refractivity contribution in [1.29, 1.82) is 0 Å². The Morgan fingerprint density at radius 3 is 1.88 bits per heavy atom. The highest BCUT2D eigenvalue weighted by Crippen LogP contribution is 2.51. The first-order chi connectivity index (χ1) is 20.0. The van der Waals surface area contributed by atoms with Crippen molar-refractivity contribution >= 4 is 38.9 Å². The highest BCUT2D eigenvalue weighted by Gasteiger charge is 2.46. The van der Waals surface area contributed by atoms with Gasteiger partial charge in [-0.15, -0.1) is 0 Å². The summed E-state index contributed by atoms with van der Waals surface area (Å²) >= 11 is 3.69. The molecule has 4 aromatic carbocycles. The lowest BCUT2D eigenvalue weighted by Gasteiger charge is -2.40. The molecule has 0 saturated heterocycles. The first-order valence-electron chi connectivity index (χ1n) is 13.3. The zero-order chi connectivity index (χ0) is 28.2. The lowest BCUT2D eigenvalue weighted by molar-refractivity contribution is 0.0968. The van der Waals surface area contributed by atoms with E-state index in [0.29, 0.717) is 39.3 Å². The van der Waals surface area contributed by atoms with Crippen LogP contribution >= 0.6 is 15.9 Å². The van der Waals surface area contributed by atoms with Gasteiger partial charge in [0.2, 0.25) is 5.78 Å². The highest BCUT2D eigenvalue weighted by atomic mass is 79.9. The second-order valence-electron chi connectivity index (χ2n) is 10.2. The Morgan fingerprint density at radius 1 is 0.659 bits per heavy atom. The van der Waals surface area contributed by atoms with Gasteiger partial charge in [0, 0.05) is 44.2 Å². The van der Waals surface area contributed by atoms with E-state index in [-0.39, 0.29) is 22.8 Å². The van der Waals surface area contributed by atoms with E-state index in [0.717, 1.165) is 15.7 Å². The number of fused-ring (bicyclic) bond motifs is 2. The van der Waals surface area contributed by atoms with Crippen LogP contribution < -0.4 is 10.5 Å². The SMILES string of the molecule is Cc1cc2c(c(=O)n1-c1ccccc1)C(c1ccccc1Br)C1=C(C(=O)c3ccccc3C1=O)N2c1ccccc1. The lowest BCUT2D eigenvalue weighted by atomic mass is 9.73. The molecular formula is C35H23BrN2O3. The maximum atomic E-state index is 14.7. The van der Waals surface area contributed by atoms with Crippen LogP contribution in [0, 0.1) is 6.92 Å². The van der Waals surface area contributed by atoms with Crippen molar-refractivity contribution in [3.8, 4) is 5.69 Å². The van der Waals surface area contributed by atoms with Crippen LogP contribution in [0.2, 0.25) is 0 Å². The van der Waals surface area contributed by atoms with E-state index < -0.39 is 5.92 Å². The molecular weight excluding hydrogens is 576 g/mol. The third-order valence-electron chi connectivity index (χ3n) is 7.83. The van der Waals surface area contributed by atoms with Crippen LogP contribution in [0.4, 0.5) is 11.4 Å². The largest absolute Gasteiger partial charge is 0.306 e. The Hall–Kier alpha value is -4.81. The molecule has 0 bridgehead atoms. The van der Waals surface area contributed by atoms with E-state index in [1.165, 1.54) is 0 Å². The average molecular weight is 599 g/mol. The molecule has 2 heterocycles. The summed E-state index contributed by atoms with van der Waals surface area (Å²) < 4.78 is 2.43. The van der Waals surface area contributed by atoms with Crippen LogP contribution in [-0.2, 0) is 0 Å². The summed E-state index contributed by atoms with van der Waals surface area (Å²) in [5, 5.41) is 0. The van der Waals surface area contributed by atoms with Crippen LogP contribution in [0.25, 0.3) is 5.69 Å². The van der Waals surface area contributed by atoms with Crippen molar-refractivity contribution in [2.45, 2.75) is 12.8 Å². The number of hydrogen-bond donors (Lipinski definition) is 0. The van der Waals surface area contributed by atoms with Crippen LogP contribution in [0.5, 0.6) is 0 Å². The summed E-state index contributed by atoms with van der Waals surface area (Å²) in [5.41, 5.74) is 4.97. The number of pyridine rings is 1. The van der Waals surface area contributed by atoms with Crippen LogP contribution in [0.3, 0.4) is 0 Å². The molecule has 0 radical (unpaired) electrons. The summed E-state index contributed by atoms with van der Waals surface area (Å²) in [7, 11) is 0. The minimum absolute atomic E-state index is 0.237. The second kappa shape index (κ2) is 9.68. The Kier molecular flexibility index (Phi) is 5.94. The van der Waals surface area contributed by atoms with Crippen molar-refractivity contribution in [1.82, 2.24) is 4.57 Å². The van der Waals surface area contributed by atoms with E-state index in [9.17, 15) is 14.4 Å². The molecule has 1 unspecified atom stereocenters. The van der Waals surface area contributed by atoms with E-state index in [1.807, 2.05) is 97.9 Å². The number of hydrogen-bond acceptors (Lipinski definition) is 4. The van der Waals surface area contributed by atoms with E-state index in [2.05, 4.69) is 15.9 Å². The third-order valence-corrected chi connectivity index (χ3v) is 8.55. The fourth-order valence-electron chi connectivity index (χ4n) is 6.09. The van der Waals surface area contributed by atoms with Gasteiger partial charge in [-0.3, -0.25) is 19.0 Å². The third kappa shape index (κ3) is 3.79. The average Bonchev–Trinajstić information content (AvgIpc) is 3.00. The molecule has 41 heavy (non-hydrogen) atoms. The fourth-order valence-corrected chi connectivity index (χ4v) is 6.60. The first kappa shape index (κ1) is 25.2. The van der Waals surface area contributed by atoms with Crippen molar-refractivity contribution < 1.29 is 9.59 Å². The number of aryl methyl sites for hydroxylation is 1. The molecule has 5 aromatic rings. The number of ketones is 2. The molecule has 1 aliphatic heterocycles. The zero-order valence-corrected chi connectivity index (χ0v) is 23.6. The lowest BCUT2D eigenvalue weighted by Crippen LogP contribution is -2.41. The smallest absolute Gasteiger partial charge is 0.261 e. The number of anilines is 2. The number of para-hydroxylation sites is 2. The number of allylic oxidation sites excluding steroid dienone is 2. The summed E-state index contributed by atoms with van der Waals surface area (Å²) in [5.74, 6) is -1.27. The molecule has 0 amide bonds. The summed E-state index contributed by atoms with van der Waals surface area (Å²) in [6.07, 6.45) is 0. The van der Waals surface area contributed by atoms with Gasteiger partial charge in [-0.1, -0.05) is 94.8 Å². The molecule has 1 aliphatic carbocycles. The van der Waals surface area contributed by atoms with Gasteiger partial charge in [-0.2, -0.15) is 0 Å². The zero-order valence-electron chi connectivity index (χ0n) is 22.0. The maximum absolute atomic E-state index is 14.7. The number of rotatable bonds is 3. The number of nitrogens with zero attached hydrogens (tertiary/aromatic N) is 2. The molecule has 1 atom stereocenters. The molecule has 0 N–H and O–H groups in total. The van der Waals surface area contributed by atoms with E-state index in [1.54, 1.807) is 33.7 Å². The molecule has 7 rings (SSSR count). The second-order valence-corrected chi connectivity index (χ2v) is 11.0. The predicted molar refractivity (Wildman–Crippen MR) is 163 cm³/mol. The standard InChI is InChI=1S/C35H23BrN2O3/c1-21-20-28-30(35(41)37(21)22-12-4-2-5-13-22)29(26-18-10-11-19-27(26)36)31-32(38(28)23-14-6-3-7-15-23)34(40)25-17-9-8-16-24(25)33(31)39/h2-20,29H,1H3. The Labute approximate surface area is 245 Å². The summed E-state index contributed by atoms with van der Waals surface area (Å²) in [6, 6.07) is 35.4. The maximum Gasteiger partial charge on any atom is 0.261 e. The summed E-state index contributed by atoms with van der Waals surface area (Å²) in [6.45, 7) is 1.89. The van der Waals surface area contributed by atoms with Crippen molar-refractivity contribution in [2.24, 2.45) is 0 Å². The molecule has 1 aromatic heterocycles. The van der Waals surface area contributed by atoms with Gasteiger partial charge in [-0.05, 0) is 48.9 Å². The van der Waals surface area contributed by atoms with Gasteiger partial charge in [0.15, 0.2) is 5.78 Å².